The van der Waals surface area contributed by atoms with Crippen molar-refractivity contribution in [3.8, 4) is 0 Å². The fourth-order valence-electron chi connectivity index (χ4n) is 3.45. The lowest BCUT2D eigenvalue weighted by Crippen LogP contribution is -2.43. The smallest absolute Gasteiger partial charge is 0.0241 e. The summed E-state index contributed by atoms with van der Waals surface area (Å²) in [6.07, 6.45) is 8.38. The van der Waals surface area contributed by atoms with Crippen LogP contribution in [0.5, 0.6) is 0 Å². The largest absolute Gasteiger partial charge is 0.271 e. The standard InChI is InChI=1S/C13H26N2/c1-9-5-10(2)7-12(6-9)13(15-14)8-11-3-4-11/h9-13,15H,3-8,14H2,1-2H3. The molecule has 0 aromatic heterocycles. The predicted molar refractivity (Wildman–Crippen MR) is 64.1 cm³/mol. The molecule has 0 spiro atoms. The van der Waals surface area contributed by atoms with Crippen LogP contribution in [0.25, 0.3) is 0 Å². The van der Waals surface area contributed by atoms with Crippen LogP contribution >= 0.6 is 0 Å². The van der Waals surface area contributed by atoms with E-state index in [2.05, 4.69) is 19.3 Å². The third-order valence-corrected chi connectivity index (χ3v) is 4.28. The zero-order chi connectivity index (χ0) is 10.8. The first-order chi connectivity index (χ1) is 7.19. The van der Waals surface area contributed by atoms with Crippen LogP contribution < -0.4 is 11.3 Å². The van der Waals surface area contributed by atoms with Crippen LogP contribution in [-0.4, -0.2) is 6.04 Å². The zero-order valence-corrected chi connectivity index (χ0v) is 10.2. The van der Waals surface area contributed by atoms with Crippen molar-refractivity contribution in [1.29, 1.82) is 0 Å². The van der Waals surface area contributed by atoms with Gasteiger partial charge in [-0.25, -0.2) is 0 Å². The van der Waals surface area contributed by atoms with Crippen LogP contribution in [0, 0.1) is 23.7 Å². The normalized spacial score (nSPS) is 39.0. The van der Waals surface area contributed by atoms with Gasteiger partial charge in [0, 0.05) is 6.04 Å². The Labute approximate surface area is 94.0 Å². The highest BCUT2D eigenvalue weighted by atomic mass is 15.2. The Morgan fingerprint density at radius 1 is 1.13 bits per heavy atom. The Balaban J connectivity index is 1.87. The molecule has 2 saturated carbocycles. The Bertz CT molecular complexity index is 191. The minimum absolute atomic E-state index is 0.586. The van der Waals surface area contributed by atoms with E-state index in [0.29, 0.717) is 6.04 Å². The van der Waals surface area contributed by atoms with Gasteiger partial charge < -0.3 is 0 Å². The summed E-state index contributed by atoms with van der Waals surface area (Å²) in [6.45, 7) is 4.79. The molecule has 15 heavy (non-hydrogen) atoms. The Morgan fingerprint density at radius 2 is 1.73 bits per heavy atom. The van der Waals surface area contributed by atoms with Gasteiger partial charge in [-0.3, -0.25) is 11.3 Å². The van der Waals surface area contributed by atoms with E-state index >= 15 is 0 Å². The minimum atomic E-state index is 0.586. The highest BCUT2D eigenvalue weighted by Gasteiger charge is 2.33. The Morgan fingerprint density at radius 3 is 2.20 bits per heavy atom. The molecular weight excluding hydrogens is 184 g/mol. The fraction of sp³-hybridized carbons (Fsp3) is 1.00. The minimum Gasteiger partial charge on any atom is -0.271 e. The molecule has 0 amide bonds. The summed E-state index contributed by atoms with van der Waals surface area (Å²) in [4.78, 5) is 0. The first-order valence-electron chi connectivity index (χ1n) is 6.65. The summed E-state index contributed by atoms with van der Waals surface area (Å²) in [5, 5.41) is 0. The monoisotopic (exact) mass is 210 g/mol. The molecule has 88 valence electrons. The molecule has 0 heterocycles. The van der Waals surface area contributed by atoms with Gasteiger partial charge >= 0.3 is 0 Å². The molecule has 2 fully saturated rings. The average molecular weight is 210 g/mol. The predicted octanol–water partition coefficient (Wildman–Crippen LogP) is 2.69. The topological polar surface area (TPSA) is 38.0 Å². The van der Waals surface area contributed by atoms with Crippen LogP contribution in [-0.2, 0) is 0 Å². The lowest BCUT2D eigenvalue weighted by atomic mass is 9.73. The molecular formula is C13H26N2. The van der Waals surface area contributed by atoms with Crippen molar-refractivity contribution in [2.45, 2.75) is 58.4 Å². The second-order valence-corrected chi connectivity index (χ2v) is 6.13. The molecule has 2 aliphatic carbocycles. The maximum absolute atomic E-state index is 5.72. The summed E-state index contributed by atoms with van der Waals surface area (Å²) in [6, 6.07) is 0.586. The molecule has 0 bridgehead atoms. The molecule has 3 N–H and O–H groups in total. The molecule has 0 aromatic carbocycles. The molecule has 3 atom stereocenters. The second kappa shape index (κ2) is 4.84. The highest BCUT2D eigenvalue weighted by Crippen LogP contribution is 2.40. The molecule has 2 heteroatoms. The van der Waals surface area contributed by atoms with Gasteiger partial charge in [-0.05, 0) is 49.4 Å². The molecule has 0 saturated heterocycles. The van der Waals surface area contributed by atoms with Crippen LogP contribution in [0.4, 0.5) is 0 Å². The van der Waals surface area contributed by atoms with E-state index in [1.54, 1.807) is 0 Å². The van der Waals surface area contributed by atoms with E-state index in [9.17, 15) is 0 Å². The van der Waals surface area contributed by atoms with Crippen molar-refractivity contribution in [1.82, 2.24) is 5.43 Å². The Kier molecular flexibility index (Phi) is 3.68. The fourth-order valence-corrected chi connectivity index (χ4v) is 3.45. The molecule has 3 unspecified atom stereocenters. The summed E-state index contributed by atoms with van der Waals surface area (Å²) in [5.41, 5.74) is 3.08. The van der Waals surface area contributed by atoms with Gasteiger partial charge in [0.05, 0.1) is 0 Å². The first-order valence-corrected chi connectivity index (χ1v) is 6.65. The molecule has 2 nitrogen and oxygen atoms in total. The van der Waals surface area contributed by atoms with E-state index in [4.69, 9.17) is 5.84 Å². The van der Waals surface area contributed by atoms with E-state index < -0.39 is 0 Å². The highest BCUT2D eigenvalue weighted by molar-refractivity contribution is 4.87. The molecule has 0 aromatic rings. The number of nitrogens with one attached hydrogen (secondary N) is 1. The van der Waals surface area contributed by atoms with Crippen molar-refractivity contribution in [3.05, 3.63) is 0 Å². The van der Waals surface area contributed by atoms with Gasteiger partial charge in [0.15, 0.2) is 0 Å². The third-order valence-electron chi connectivity index (χ3n) is 4.28. The van der Waals surface area contributed by atoms with E-state index in [-0.39, 0.29) is 0 Å². The lowest BCUT2D eigenvalue weighted by Gasteiger charge is -2.36. The molecule has 0 aliphatic heterocycles. The maximum atomic E-state index is 5.72. The summed E-state index contributed by atoms with van der Waals surface area (Å²) in [7, 11) is 0. The van der Waals surface area contributed by atoms with Crippen molar-refractivity contribution in [2.75, 3.05) is 0 Å². The zero-order valence-electron chi connectivity index (χ0n) is 10.2. The number of hydrogen-bond acceptors (Lipinski definition) is 2. The second-order valence-electron chi connectivity index (χ2n) is 6.13. The van der Waals surface area contributed by atoms with Gasteiger partial charge in [0.25, 0.3) is 0 Å². The van der Waals surface area contributed by atoms with Crippen molar-refractivity contribution in [3.63, 3.8) is 0 Å². The van der Waals surface area contributed by atoms with Crippen molar-refractivity contribution < 1.29 is 0 Å². The van der Waals surface area contributed by atoms with Crippen molar-refractivity contribution >= 4 is 0 Å². The van der Waals surface area contributed by atoms with Gasteiger partial charge in [-0.15, -0.1) is 0 Å². The molecule has 2 rings (SSSR count). The van der Waals surface area contributed by atoms with Crippen LogP contribution in [0.1, 0.15) is 52.4 Å². The molecule has 2 aliphatic rings. The number of hydrogen-bond donors (Lipinski definition) is 2. The first kappa shape index (κ1) is 11.4. The number of nitrogens with two attached hydrogens (primary N) is 1. The van der Waals surface area contributed by atoms with E-state index in [1.807, 2.05) is 0 Å². The summed E-state index contributed by atoms with van der Waals surface area (Å²) < 4.78 is 0. The van der Waals surface area contributed by atoms with Gasteiger partial charge in [-0.1, -0.05) is 26.7 Å². The van der Waals surface area contributed by atoms with Gasteiger partial charge in [0.1, 0.15) is 0 Å². The van der Waals surface area contributed by atoms with E-state index in [0.717, 1.165) is 23.7 Å². The van der Waals surface area contributed by atoms with Crippen LogP contribution in [0.2, 0.25) is 0 Å². The SMILES string of the molecule is CC1CC(C)CC(C(CC2CC2)NN)C1. The van der Waals surface area contributed by atoms with E-state index in [1.165, 1.54) is 38.5 Å². The number of rotatable bonds is 4. The Hall–Kier alpha value is -0.0800. The maximum Gasteiger partial charge on any atom is 0.0241 e. The number of hydrazine groups is 1. The summed E-state index contributed by atoms with van der Waals surface area (Å²) >= 11 is 0. The van der Waals surface area contributed by atoms with Crippen molar-refractivity contribution in [2.24, 2.45) is 29.5 Å². The van der Waals surface area contributed by atoms with Gasteiger partial charge in [-0.2, -0.15) is 0 Å². The molecule has 0 radical (unpaired) electrons. The van der Waals surface area contributed by atoms with Crippen LogP contribution in [0.3, 0.4) is 0 Å². The summed E-state index contributed by atoms with van der Waals surface area (Å²) in [5.74, 6) is 9.33. The third kappa shape index (κ3) is 3.18. The quantitative estimate of drug-likeness (QED) is 0.553. The van der Waals surface area contributed by atoms with Crippen LogP contribution in [0.15, 0.2) is 0 Å². The van der Waals surface area contributed by atoms with Gasteiger partial charge in [0.2, 0.25) is 0 Å². The lowest BCUT2D eigenvalue weighted by molar-refractivity contribution is 0.168. The average Bonchev–Trinajstić information content (AvgIpc) is 2.96.